The van der Waals surface area contributed by atoms with Crippen LogP contribution >= 0.6 is 0 Å². The summed E-state index contributed by atoms with van der Waals surface area (Å²) in [6, 6.07) is 7.19. The number of nitrogens with zero attached hydrogens (tertiary/aromatic N) is 2. The van der Waals surface area contributed by atoms with Crippen LogP contribution in [-0.2, 0) is 9.53 Å². The molecule has 0 atom stereocenters. The molecule has 0 unspecified atom stereocenters. The molecule has 0 aromatic heterocycles. The Bertz CT molecular complexity index is 525. The SMILES string of the molecule is COCCC(=O)N1CCN(C(=O)c2ccccc2OC)CC1. The van der Waals surface area contributed by atoms with Gasteiger partial charge in [0.25, 0.3) is 5.91 Å². The number of carbonyl (C=O) groups excluding carboxylic acids is 2. The number of benzene rings is 1. The molecule has 22 heavy (non-hydrogen) atoms. The van der Waals surface area contributed by atoms with Gasteiger partial charge in [0.1, 0.15) is 5.75 Å². The van der Waals surface area contributed by atoms with Crippen LogP contribution in [0.4, 0.5) is 0 Å². The van der Waals surface area contributed by atoms with Gasteiger partial charge in [0.15, 0.2) is 0 Å². The van der Waals surface area contributed by atoms with Crippen LogP contribution in [0.1, 0.15) is 16.8 Å². The van der Waals surface area contributed by atoms with Crippen LogP contribution in [0.15, 0.2) is 24.3 Å². The van der Waals surface area contributed by atoms with Gasteiger partial charge in [-0.05, 0) is 12.1 Å². The molecule has 1 heterocycles. The first-order chi connectivity index (χ1) is 10.7. The molecule has 0 spiro atoms. The molecule has 6 nitrogen and oxygen atoms in total. The van der Waals surface area contributed by atoms with E-state index in [1.807, 2.05) is 12.1 Å². The van der Waals surface area contributed by atoms with Gasteiger partial charge in [-0.3, -0.25) is 9.59 Å². The number of ether oxygens (including phenoxy) is 2. The molecule has 0 radical (unpaired) electrons. The standard InChI is InChI=1S/C16H22N2O4/c1-21-12-7-15(19)17-8-10-18(11-9-17)16(20)13-5-3-4-6-14(13)22-2/h3-6H,7-12H2,1-2H3. The zero-order valence-electron chi connectivity index (χ0n) is 13.1. The Kier molecular flexibility index (Phi) is 5.77. The molecule has 0 aliphatic carbocycles. The van der Waals surface area contributed by atoms with Gasteiger partial charge >= 0.3 is 0 Å². The van der Waals surface area contributed by atoms with Gasteiger partial charge in [-0.15, -0.1) is 0 Å². The van der Waals surface area contributed by atoms with Crippen LogP contribution in [0, 0.1) is 0 Å². The Morgan fingerprint density at radius 2 is 1.68 bits per heavy atom. The highest BCUT2D eigenvalue weighted by molar-refractivity contribution is 5.97. The number of hydrogen-bond donors (Lipinski definition) is 0. The quantitative estimate of drug-likeness (QED) is 0.815. The van der Waals surface area contributed by atoms with Gasteiger partial charge in [-0.2, -0.15) is 0 Å². The molecule has 1 aromatic rings. The van der Waals surface area contributed by atoms with E-state index >= 15 is 0 Å². The zero-order valence-corrected chi connectivity index (χ0v) is 13.1. The molecule has 1 aliphatic heterocycles. The fourth-order valence-electron chi connectivity index (χ4n) is 2.50. The third kappa shape index (κ3) is 3.76. The molecule has 1 aromatic carbocycles. The minimum absolute atomic E-state index is 0.0542. The Hall–Kier alpha value is -2.08. The van der Waals surface area contributed by atoms with Crippen LogP contribution < -0.4 is 4.74 Å². The second-order valence-electron chi connectivity index (χ2n) is 5.12. The average Bonchev–Trinajstić information content (AvgIpc) is 2.59. The summed E-state index contributed by atoms with van der Waals surface area (Å²) in [5.41, 5.74) is 0.559. The smallest absolute Gasteiger partial charge is 0.257 e. The van der Waals surface area contributed by atoms with Crippen molar-refractivity contribution in [3.8, 4) is 5.75 Å². The normalized spacial score (nSPS) is 14.8. The van der Waals surface area contributed by atoms with Crippen molar-refractivity contribution >= 4 is 11.8 Å². The molecule has 1 fully saturated rings. The van der Waals surface area contributed by atoms with Gasteiger partial charge in [0, 0.05) is 33.3 Å². The van der Waals surface area contributed by atoms with Crippen LogP contribution in [-0.4, -0.2) is 68.6 Å². The van der Waals surface area contributed by atoms with Gasteiger partial charge in [0.05, 0.1) is 25.7 Å². The summed E-state index contributed by atoms with van der Waals surface area (Å²) >= 11 is 0. The van der Waals surface area contributed by atoms with Crippen LogP contribution in [0.2, 0.25) is 0 Å². The minimum Gasteiger partial charge on any atom is -0.496 e. The molecule has 1 aliphatic rings. The summed E-state index contributed by atoms with van der Waals surface area (Å²) in [5.74, 6) is 0.596. The highest BCUT2D eigenvalue weighted by Gasteiger charge is 2.25. The number of piperazine rings is 1. The van der Waals surface area contributed by atoms with E-state index in [0.29, 0.717) is 50.5 Å². The van der Waals surface area contributed by atoms with E-state index in [9.17, 15) is 9.59 Å². The van der Waals surface area contributed by atoms with E-state index in [2.05, 4.69) is 0 Å². The number of amides is 2. The molecular formula is C16H22N2O4. The van der Waals surface area contributed by atoms with Crippen molar-refractivity contribution in [1.29, 1.82) is 0 Å². The summed E-state index contributed by atoms with van der Waals surface area (Å²) in [6.45, 7) is 2.62. The first-order valence-corrected chi connectivity index (χ1v) is 7.36. The first-order valence-electron chi connectivity index (χ1n) is 7.36. The third-order valence-corrected chi connectivity index (χ3v) is 3.78. The van der Waals surface area contributed by atoms with Crippen molar-refractivity contribution in [2.24, 2.45) is 0 Å². The third-order valence-electron chi connectivity index (χ3n) is 3.78. The predicted octanol–water partition coefficient (Wildman–Crippen LogP) is 1.02. The monoisotopic (exact) mass is 306 g/mol. The molecule has 0 saturated carbocycles. The second kappa shape index (κ2) is 7.79. The van der Waals surface area contributed by atoms with Gasteiger partial charge in [-0.1, -0.05) is 12.1 Å². The number of carbonyl (C=O) groups is 2. The fraction of sp³-hybridized carbons (Fsp3) is 0.500. The molecule has 1 saturated heterocycles. The first kappa shape index (κ1) is 16.3. The van der Waals surface area contributed by atoms with Crippen LogP contribution in [0.25, 0.3) is 0 Å². The zero-order chi connectivity index (χ0) is 15.9. The lowest BCUT2D eigenvalue weighted by molar-refractivity contribution is -0.133. The fourth-order valence-corrected chi connectivity index (χ4v) is 2.50. The Balaban J connectivity index is 1.94. The Labute approximate surface area is 130 Å². The van der Waals surface area contributed by atoms with E-state index < -0.39 is 0 Å². The maximum atomic E-state index is 12.6. The molecule has 6 heteroatoms. The molecule has 0 N–H and O–H groups in total. The van der Waals surface area contributed by atoms with E-state index in [1.165, 1.54) is 0 Å². The number of para-hydroxylation sites is 1. The lowest BCUT2D eigenvalue weighted by atomic mass is 10.1. The minimum atomic E-state index is -0.0542. The van der Waals surface area contributed by atoms with Crippen molar-refractivity contribution in [2.45, 2.75) is 6.42 Å². The second-order valence-corrected chi connectivity index (χ2v) is 5.12. The molecule has 2 rings (SSSR count). The van der Waals surface area contributed by atoms with Crippen molar-refractivity contribution < 1.29 is 19.1 Å². The van der Waals surface area contributed by atoms with Gasteiger partial charge in [0.2, 0.25) is 5.91 Å². The summed E-state index contributed by atoms with van der Waals surface area (Å²) in [4.78, 5) is 28.0. The van der Waals surface area contributed by atoms with Crippen LogP contribution in [0.3, 0.4) is 0 Å². The maximum absolute atomic E-state index is 12.6. The summed E-state index contributed by atoms with van der Waals surface area (Å²) in [7, 11) is 3.13. The van der Waals surface area contributed by atoms with E-state index in [4.69, 9.17) is 9.47 Å². The molecular weight excluding hydrogens is 284 g/mol. The lowest BCUT2D eigenvalue weighted by Gasteiger charge is -2.35. The van der Waals surface area contributed by atoms with Crippen molar-refractivity contribution in [1.82, 2.24) is 9.80 Å². The summed E-state index contributed by atoms with van der Waals surface area (Å²) in [6.07, 6.45) is 0.386. The average molecular weight is 306 g/mol. The maximum Gasteiger partial charge on any atom is 0.257 e. The van der Waals surface area contributed by atoms with Gasteiger partial charge < -0.3 is 19.3 Å². The van der Waals surface area contributed by atoms with Crippen molar-refractivity contribution in [3.63, 3.8) is 0 Å². The van der Waals surface area contributed by atoms with Gasteiger partial charge in [-0.25, -0.2) is 0 Å². The largest absolute Gasteiger partial charge is 0.496 e. The predicted molar refractivity (Wildman–Crippen MR) is 82.0 cm³/mol. The van der Waals surface area contributed by atoms with E-state index in [0.717, 1.165) is 0 Å². The Morgan fingerprint density at radius 1 is 1.05 bits per heavy atom. The van der Waals surface area contributed by atoms with E-state index in [1.54, 1.807) is 36.2 Å². The lowest BCUT2D eigenvalue weighted by Crippen LogP contribution is -2.50. The molecule has 0 bridgehead atoms. The highest BCUT2D eigenvalue weighted by atomic mass is 16.5. The number of rotatable bonds is 5. The van der Waals surface area contributed by atoms with Crippen molar-refractivity contribution in [3.05, 3.63) is 29.8 Å². The highest BCUT2D eigenvalue weighted by Crippen LogP contribution is 2.20. The Morgan fingerprint density at radius 3 is 2.32 bits per heavy atom. The van der Waals surface area contributed by atoms with Crippen molar-refractivity contribution in [2.75, 3.05) is 47.0 Å². The van der Waals surface area contributed by atoms with E-state index in [-0.39, 0.29) is 11.8 Å². The summed E-state index contributed by atoms with van der Waals surface area (Å²) in [5, 5.41) is 0. The number of hydrogen-bond acceptors (Lipinski definition) is 4. The topological polar surface area (TPSA) is 59.1 Å². The molecule has 120 valence electrons. The molecule has 2 amide bonds. The van der Waals surface area contributed by atoms with Crippen LogP contribution in [0.5, 0.6) is 5.75 Å². The number of methoxy groups -OCH3 is 2. The summed E-state index contributed by atoms with van der Waals surface area (Å²) < 4.78 is 10.2.